The van der Waals surface area contributed by atoms with Gasteiger partial charge in [0.15, 0.2) is 0 Å². The summed E-state index contributed by atoms with van der Waals surface area (Å²) in [6.45, 7) is 0. The van der Waals surface area contributed by atoms with Crippen molar-refractivity contribution in [1.29, 1.82) is 0 Å². The molecular weight excluding hydrogens is 385 g/mol. The fourth-order valence-corrected chi connectivity index (χ4v) is 5.29. The van der Waals surface area contributed by atoms with Crippen LogP contribution in [0.5, 0.6) is 0 Å². The number of amidine groups is 1. The van der Waals surface area contributed by atoms with E-state index in [4.69, 9.17) is 10.1 Å². The number of hydrogen-bond acceptors (Lipinski definition) is 2. The minimum absolute atomic E-state index is 0.138. The molecule has 26 heavy (non-hydrogen) atoms. The molecule has 0 saturated carbocycles. The van der Waals surface area contributed by atoms with Crippen LogP contribution in [-0.4, -0.2) is 37.5 Å². The number of hydrogen-bond donors (Lipinski definition) is 0. The molecule has 1 atom stereocenters. The fourth-order valence-electron chi connectivity index (χ4n) is 2.88. The minimum atomic E-state index is 0.138. The van der Waals surface area contributed by atoms with Crippen molar-refractivity contribution in [2.45, 2.75) is 4.82 Å². The van der Waals surface area contributed by atoms with Gasteiger partial charge in [-0.1, -0.05) is 0 Å². The zero-order valence-electron chi connectivity index (χ0n) is 14.5. The van der Waals surface area contributed by atoms with Crippen LogP contribution in [0.1, 0.15) is 15.9 Å². The van der Waals surface area contributed by atoms with E-state index >= 15 is 0 Å². The summed E-state index contributed by atoms with van der Waals surface area (Å²) in [5, 5.41) is 6.86. The predicted octanol–water partition coefficient (Wildman–Crippen LogP) is 4.47. The molecule has 1 unspecified atom stereocenters. The molecule has 128 valence electrons. The molecule has 0 bridgehead atoms. The van der Waals surface area contributed by atoms with Gasteiger partial charge >= 0.3 is 160 Å². The Labute approximate surface area is 160 Å². The standard InChI is InChI=1S/C22H19N3Se/c1-25-22(23-19-15-9-4-10-16-19)26-21(18-13-7-3-8-14-18)20(24-25)17-11-5-2-6-12-17/h2-16,21H,1H3. The van der Waals surface area contributed by atoms with Crippen LogP contribution in [0.15, 0.2) is 101 Å². The first-order chi connectivity index (χ1) is 12.8. The molecule has 3 nitrogen and oxygen atoms in total. The van der Waals surface area contributed by atoms with Crippen molar-refractivity contribution in [1.82, 2.24) is 5.01 Å². The molecule has 0 fully saturated rings. The SMILES string of the molecule is CN1N=C(c2ccccc2)C(c2ccccc2)[Se]C1=Nc1ccccc1. The molecule has 0 aromatic heterocycles. The summed E-state index contributed by atoms with van der Waals surface area (Å²) in [5.74, 6) is 0. The van der Waals surface area contributed by atoms with E-state index in [0.717, 1.165) is 16.1 Å². The molecular formula is C22H19N3Se. The van der Waals surface area contributed by atoms with Crippen LogP contribution in [0.3, 0.4) is 0 Å². The van der Waals surface area contributed by atoms with Crippen molar-refractivity contribution in [3.8, 4) is 0 Å². The van der Waals surface area contributed by atoms with Crippen LogP contribution < -0.4 is 0 Å². The Morgan fingerprint density at radius 1 is 0.808 bits per heavy atom. The summed E-state index contributed by atoms with van der Waals surface area (Å²) in [7, 11) is 1.99. The first-order valence-electron chi connectivity index (χ1n) is 8.54. The molecule has 3 aromatic rings. The number of rotatable bonds is 3. The Morgan fingerprint density at radius 3 is 2.04 bits per heavy atom. The maximum atomic E-state index is 4.92. The van der Waals surface area contributed by atoms with Gasteiger partial charge in [0.25, 0.3) is 0 Å². The van der Waals surface area contributed by atoms with Gasteiger partial charge in [0.2, 0.25) is 0 Å². The average molecular weight is 404 g/mol. The van der Waals surface area contributed by atoms with Crippen LogP contribution in [-0.2, 0) is 0 Å². The van der Waals surface area contributed by atoms with E-state index < -0.39 is 0 Å². The van der Waals surface area contributed by atoms with Crippen LogP contribution in [0.4, 0.5) is 5.69 Å². The van der Waals surface area contributed by atoms with Gasteiger partial charge in [-0.2, -0.15) is 0 Å². The first-order valence-corrected chi connectivity index (χ1v) is 10.4. The molecule has 1 aliphatic heterocycles. The van der Waals surface area contributed by atoms with E-state index in [1.54, 1.807) is 0 Å². The van der Waals surface area contributed by atoms with Gasteiger partial charge in [-0.25, -0.2) is 0 Å². The molecule has 0 saturated heterocycles. The van der Waals surface area contributed by atoms with Crippen molar-refractivity contribution >= 4 is 31.1 Å². The predicted molar refractivity (Wildman–Crippen MR) is 109 cm³/mol. The molecule has 1 aliphatic rings. The van der Waals surface area contributed by atoms with E-state index in [0.29, 0.717) is 0 Å². The zero-order valence-corrected chi connectivity index (χ0v) is 16.2. The summed E-state index contributed by atoms with van der Waals surface area (Å²) >= 11 is 0.138. The van der Waals surface area contributed by atoms with Gasteiger partial charge in [-0.3, -0.25) is 0 Å². The molecule has 4 heteroatoms. The molecule has 0 radical (unpaired) electrons. The van der Waals surface area contributed by atoms with E-state index in [-0.39, 0.29) is 19.8 Å². The van der Waals surface area contributed by atoms with Crippen molar-refractivity contribution < 1.29 is 0 Å². The number of aliphatic imine (C=N–C) groups is 1. The summed E-state index contributed by atoms with van der Waals surface area (Å²) < 4.78 is 1.04. The molecule has 0 aliphatic carbocycles. The zero-order chi connectivity index (χ0) is 17.8. The summed E-state index contributed by atoms with van der Waals surface area (Å²) in [5.41, 5.74) is 4.56. The third-order valence-electron chi connectivity index (χ3n) is 4.16. The van der Waals surface area contributed by atoms with Gasteiger partial charge in [0.1, 0.15) is 0 Å². The third kappa shape index (κ3) is 3.62. The van der Waals surface area contributed by atoms with Crippen LogP contribution >= 0.6 is 0 Å². The van der Waals surface area contributed by atoms with Crippen LogP contribution in [0, 0.1) is 0 Å². The normalized spacial score (nSPS) is 18.7. The number of para-hydroxylation sites is 1. The van der Waals surface area contributed by atoms with Crippen molar-refractivity contribution in [3.63, 3.8) is 0 Å². The van der Waals surface area contributed by atoms with Gasteiger partial charge < -0.3 is 0 Å². The Balaban J connectivity index is 1.78. The number of hydrazone groups is 1. The second kappa shape index (κ2) is 7.69. The Kier molecular flexibility index (Phi) is 4.96. The molecule has 1 heterocycles. The number of nitrogens with zero attached hydrogens (tertiary/aromatic N) is 3. The maximum absolute atomic E-state index is 4.92. The van der Waals surface area contributed by atoms with E-state index in [2.05, 4.69) is 54.6 Å². The first kappa shape index (κ1) is 16.8. The van der Waals surface area contributed by atoms with Gasteiger partial charge in [0, 0.05) is 0 Å². The Morgan fingerprint density at radius 2 is 1.38 bits per heavy atom. The van der Waals surface area contributed by atoms with Crippen molar-refractivity contribution in [2.75, 3.05) is 7.05 Å². The molecule has 0 N–H and O–H groups in total. The second-order valence-electron chi connectivity index (χ2n) is 6.01. The monoisotopic (exact) mass is 405 g/mol. The van der Waals surface area contributed by atoms with Crippen molar-refractivity contribution in [3.05, 3.63) is 102 Å². The Bertz CT molecular complexity index is 921. The topological polar surface area (TPSA) is 28.0 Å². The molecule has 4 rings (SSSR count). The molecule has 0 amide bonds. The Hall–Kier alpha value is -2.68. The quantitative estimate of drug-likeness (QED) is 0.592. The van der Waals surface area contributed by atoms with E-state index in [1.807, 2.05) is 48.5 Å². The summed E-state index contributed by atoms with van der Waals surface area (Å²) in [4.78, 5) is 5.12. The fraction of sp³-hybridized carbons (Fsp3) is 0.0909. The average Bonchev–Trinajstić information content (AvgIpc) is 2.71. The summed E-state index contributed by atoms with van der Waals surface area (Å²) in [6, 6.07) is 31.2. The summed E-state index contributed by atoms with van der Waals surface area (Å²) in [6.07, 6.45) is 0. The van der Waals surface area contributed by atoms with Gasteiger partial charge in [-0.05, 0) is 0 Å². The van der Waals surface area contributed by atoms with Crippen molar-refractivity contribution in [2.24, 2.45) is 10.1 Å². The van der Waals surface area contributed by atoms with Crippen LogP contribution in [0.2, 0.25) is 0 Å². The van der Waals surface area contributed by atoms with Crippen LogP contribution in [0.25, 0.3) is 0 Å². The van der Waals surface area contributed by atoms with E-state index in [1.165, 1.54) is 11.1 Å². The second-order valence-corrected chi connectivity index (χ2v) is 8.26. The van der Waals surface area contributed by atoms with Gasteiger partial charge in [-0.15, -0.1) is 0 Å². The van der Waals surface area contributed by atoms with Gasteiger partial charge in [0.05, 0.1) is 0 Å². The number of benzene rings is 3. The van der Waals surface area contributed by atoms with E-state index in [9.17, 15) is 0 Å². The molecule has 3 aromatic carbocycles. The third-order valence-corrected chi connectivity index (χ3v) is 6.88. The molecule has 0 spiro atoms.